The quantitative estimate of drug-likeness (QED) is 0.276. The van der Waals surface area contributed by atoms with Gasteiger partial charge in [-0.15, -0.1) is 0 Å². The van der Waals surface area contributed by atoms with Crippen LogP contribution in [0, 0.1) is 5.82 Å². The maximum absolute atomic E-state index is 14.1. The van der Waals surface area contributed by atoms with Gasteiger partial charge in [0, 0.05) is 25.5 Å². The number of carbonyl (C=O) groups excluding carboxylic acids is 2. The lowest BCUT2D eigenvalue weighted by Gasteiger charge is -2.26. The largest absolute Gasteiger partial charge is 0.507 e. The number of hydrogen-bond acceptors (Lipinski definition) is 5. The first-order chi connectivity index (χ1) is 17.1. The molecule has 3 aromatic carbocycles. The third-order valence-electron chi connectivity index (χ3n) is 6.42. The van der Waals surface area contributed by atoms with Crippen molar-refractivity contribution in [2.24, 2.45) is 0 Å². The fourth-order valence-electron chi connectivity index (χ4n) is 4.40. The molecule has 1 unspecified atom stereocenters. The van der Waals surface area contributed by atoms with Crippen LogP contribution in [0.3, 0.4) is 0 Å². The van der Waals surface area contributed by atoms with E-state index in [0.29, 0.717) is 17.2 Å². The first-order valence-corrected chi connectivity index (χ1v) is 11.7. The molecular formula is C29H29FN2O4. The van der Waals surface area contributed by atoms with Crippen LogP contribution >= 0.6 is 0 Å². The second-order valence-electron chi connectivity index (χ2n) is 9.25. The molecule has 6 nitrogen and oxygen atoms in total. The van der Waals surface area contributed by atoms with E-state index in [9.17, 15) is 19.1 Å². The maximum atomic E-state index is 14.1. The molecule has 3 aromatic rings. The van der Waals surface area contributed by atoms with Crippen LogP contribution in [-0.4, -0.2) is 38.0 Å². The first kappa shape index (κ1) is 25.0. The molecule has 36 heavy (non-hydrogen) atoms. The lowest BCUT2D eigenvalue weighted by molar-refractivity contribution is -0.132. The lowest BCUT2D eigenvalue weighted by Crippen LogP contribution is -2.29. The van der Waals surface area contributed by atoms with E-state index in [1.165, 1.54) is 24.1 Å². The highest BCUT2D eigenvalue weighted by Gasteiger charge is 2.47. The summed E-state index contributed by atoms with van der Waals surface area (Å²) in [6.07, 6.45) is 0. The molecule has 0 bridgehead atoms. The maximum Gasteiger partial charge on any atom is 0.300 e. The van der Waals surface area contributed by atoms with Gasteiger partial charge in [0.05, 0.1) is 24.3 Å². The number of anilines is 2. The average molecular weight is 489 g/mol. The Labute approximate surface area is 210 Å². The number of ether oxygens (including phenoxy) is 1. The van der Waals surface area contributed by atoms with Crippen LogP contribution < -0.4 is 14.5 Å². The molecule has 1 aliphatic rings. The topological polar surface area (TPSA) is 70.1 Å². The monoisotopic (exact) mass is 488 g/mol. The van der Waals surface area contributed by atoms with Crippen LogP contribution in [0.4, 0.5) is 15.8 Å². The Morgan fingerprint density at radius 3 is 2.19 bits per heavy atom. The van der Waals surface area contributed by atoms with Crippen LogP contribution in [0.25, 0.3) is 5.76 Å². The molecule has 1 N–H and O–H groups in total. The minimum Gasteiger partial charge on any atom is -0.507 e. The Hall–Kier alpha value is -4.13. The van der Waals surface area contributed by atoms with Gasteiger partial charge in [0.25, 0.3) is 11.7 Å². The number of benzene rings is 3. The van der Waals surface area contributed by atoms with Crippen LogP contribution in [0.1, 0.15) is 42.5 Å². The van der Waals surface area contributed by atoms with Gasteiger partial charge < -0.3 is 14.7 Å². The molecule has 0 spiro atoms. The van der Waals surface area contributed by atoms with Crippen molar-refractivity contribution in [3.8, 4) is 5.75 Å². The summed E-state index contributed by atoms with van der Waals surface area (Å²) >= 11 is 0. The van der Waals surface area contributed by atoms with Crippen molar-refractivity contribution in [1.29, 1.82) is 0 Å². The molecular weight excluding hydrogens is 459 g/mol. The zero-order valence-corrected chi connectivity index (χ0v) is 20.9. The Morgan fingerprint density at radius 2 is 1.64 bits per heavy atom. The minimum atomic E-state index is -0.913. The highest BCUT2D eigenvalue weighted by molar-refractivity contribution is 6.51. The third-order valence-corrected chi connectivity index (χ3v) is 6.42. The number of amides is 1. The van der Waals surface area contributed by atoms with Gasteiger partial charge in [0.2, 0.25) is 0 Å². The molecule has 4 rings (SSSR count). The van der Waals surface area contributed by atoms with E-state index in [1.54, 1.807) is 12.1 Å². The fourth-order valence-corrected chi connectivity index (χ4v) is 4.40. The van der Waals surface area contributed by atoms with Gasteiger partial charge in [-0.2, -0.15) is 0 Å². The van der Waals surface area contributed by atoms with Crippen LogP contribution in [-0.2, 0) is 9.59 Å². The normalized spacial score (nSPS) is 17.1. The molecule has 1 saturated heterocycles. The third kappa shape index (κ3) is 4.44. The zero-order valence-electron chi connectivity index (χ0n) is 20.9. The van der Waals surface area contributed by atoms with Crippen molar-refractivity contribution >= 4 is 28.8 Å². The summed E-state index contributed by atoms with van der Waals surface area (Å²) in [5, 5.41) is 11.3. The van der Waals surface area contributed by atoms with E-state index < -0.39 is 29.3 Å². The summed E-state index contributed by atoms with van der Waals surface area (Å²) in [5.41, 5.74) is 3.05. The van der Waals surface area contributed by atoms with Crippen molar-refractivity contribution in [2.45, 2.75) is 25.8 Å². The first-order valence-electron chi connectivity index (χ1n) is 11.7. The molecule has 1 aliphatic heterocycles. The number of Topliss-reactive ketones (excluding diaryl/α,β-unsaturated/α-hetero) is 1. The Balaban J connectivity index is 1.94. The van der Waals surface area contributed by atoms with Crippen molar-refractivity contribution in [3.63, 3.8) is 0 Å². The summed E-state index contributed by atoms with van der Waals surface area (Å²) in [5.74, 6) is -2.25. The van der Waals surface area contributed by atoms with E-state index in [2.05, 4.69) is 13.8 Å². The number of halogens is 1. The number of carbonyl (C=O) groups is 2. The molecule has 0 saturated carbocycles. The highest BCUT2D eigenvalue weighted by atomic mass is 19.1. The van der Waals surface area contributed by atoms with E-state index in [0.717, 1.165) is 17.3 Å². The summed E-state index contributed by atoms with van der Waals surface area (Å²) in [7, 11) is 5.20. The number of nitrogens with zero attached hydrogens (tertiary/aromatic N) is 2. The molecule has 0 aliphatic carbocycles. The van der Waals surface area contributed by atoms with E-state index >= 15 is 0 Å². The smallest absolute Gasteiger partial charge is 0.300 e. The Morgan fingerprint density at radius 1 is 1.00 bits per heavy atom. The predicted octanol–water partition coefficient (Wildman–Crippen LogP) is 5.65. The number of ketones is 1. The Bertz CT molecular complexity index is 1330. The summed E-state index contributed by atoms with van der Waals surface area (Å²) in [4.78, 5) is 30.0. The molecule has 1 atom stereocenters. The molecule has 7 heteroatoms. The number of hydrogen-bond donors (Lipinski definition) is 1. The van der Waals surface area contributed by atoms with Gasteiger partial charge >= 0.3 is 0 Å². The standard InChI is InChI=1S/C29H29FN2O4/c1-17(2)18-6-8-19(9-7-18)26-25(27(33)23-16-20(30)10-15-24(23)36-5)28(34)29(35)32(26)22-13-11-21(12-14-22)31(3)4/h6-17,26,33H,1-5H3/b27-25+. The van der Waals surface area contributed by atoms with Crippen molar-refractivity contribution in [1.82, 2.24) is 0 Å². The van der Waals surface area contributed by atoms with Crippen LogP contribution in [0.15, 0.2) is 72.3 Å². The van der Waals surface area contributed by atoms with Crippen molar-refractivity contribution < 1.29 is 23.8 Å². The van der Waals surface area contributed by atoms with E-state index in [-0.39, 0.29) is 16.9 Å². The van der Waals surface area contributed by atoms with Gasteiger partial charge in [-0.1, -0.05) is 38.1 Å². The lowest BCUT2D eigenvalue weighted by atomic mass is 9.93. The molecule has 0 aromatic heterocycles. The fraction of sp³-hybridized carbons (Fsp3) is 0.241. The SMILES string of the molecule is COc1ccc(F)cc1/C(O)=C1\C(=O)C(=O)N(c2ccc(N(C)C)cc2)C1c1ccc(C(C)C)cc1. The van der Waals surface area contributed by atoms with Gasteiger partial charge in [-0.05, 0) is 59.5 Å². The second kappa shape index (κ2) is 9.85. The van der Waals surface area contributed by atoms with E-state index in [4.69, 9.17) is 4.74 Å². The van der Waals surface area contributed by atoms with Gasteiger partial charge in [0.15, 0.2) is 0 Å². The summed E-state index contributed by atoms with van der Waals surface area (Å²) < 4.78 is 19.4. The average Bonchev–Trinajstić information content (AvgIpc) is 3.13. The van der Waals surface area contributed by atoms with Crippen molar-refractivity contribution in [2.75, 3.05) is 31.0 Å². The minimum absolute atomic E-state index is 0.00209. The summed E-state index contributed by atoms with van der Waals surface area (Å²) in [6, 6.07) is 17.6. The van der Waals surface area contributed by atoms with Crippen molar-refractivity contribution in [3.05, 3.63) is 94.8 Å². The van der Waals surface area contributed by atoms with E-state index in [1.807, 2.05) is 55.4 Å². The molecule has 1 fully saturated rings. The molecule has 1 heterocycles. The number of aliphatic hydroxyl groups is 1. The molecule has 1 amide bonds. The number of methoxy groups -OCH3 is 1. The second-order valence-corrected chi connectivity index (χ2v) is 9.25. The number of rotatable bonds is 6. The van der Waals surface area contributed by atoms with Crippen LogP contribution in [0.5, 0.6) is 5.75 Å². The van der Waals surface area contributed by atoms with Gasteiger partial charge in [0.1, 0.15) is 17.3 Å². The Kier molecular flexibility index (Phi) is 6.84. The molecule has 186 valence electrons. The zero-order chi connectivity index (χ0) is 26.1. The van der Waals surface area contributed by atoms with Gasteiger partial charge in [-0.25, -0.2) is 4.39 Å². The predicted molar refractivity (Wildman–Crippen MR) is 139 cm³/mol. The van der Waals surface area contributed by atoms with Crippen LogP contribution in [0.2, 0.25) is 0 Å². The molecule has 0 radical (unpaired) electrons. The van der Waals surface area contributed by atoms with Gasteiger partial charge in [-0.3, -0.25) is 14.5 Å². The summed E-state index contributed by atoms with van der Waals surface area (Å²) in [6.45, 7) is 4.15. The highest BCUT2D eigenvalue weighted by Crippen LogP contribution is 2.43. The number of aliphatic hydroxyl groups excluding tert-OH is 1.